The van der Waals surface area contributed by atoms with Crippen LogP contribution in [-0.2, 0) is 0 Å². The molecule has 0 radical (unpaired) electrons. The molecule has 1 unspecified atom stereocenters. The van der Waals surface area contributed by atoms with E-state index in [0.717, 1.165) is 0 Å². The molecule has 1 aromatic rings. The number of para-hydroxylation sites is 1. The topological polar surface area (TPSA) is 93.2 Å². The average molecular weight is 264 g/mol. The van der Waals surface area contributed by atoms with Crippen molar-refractivity contribution < 1.29 is 4.92 Å². The Morgan fingerprint density at radius 2 is 2.00 bits per heavy atom. The van der Waals surface area contributed by atoms with E-state index < -0.39 is 4.92 Å². The fourth-order valence-electron chi connectivity index (χ4n) is 2.79. The van der Waals surface area contributed by atoms with Crippen molar-refractivity contribution in [2.24, 2.45) is 11.8 Å². The van der Waals surface area contributed by atoms with Gasteiger partial charge < -0.3 is 10.7 Å². The van der Waals surface area contributed by atoms with Crippen LogP contribution in [0.1, 0.15) is 32.6 Å². The van der Waals surface area contributed by atoms with E-state index in [1.54, 1.807) is 18.2 Å². The summed E-state index contributed by atoms with van der Waals surface area (Å²) in [5, 5.41) is 14.4. The number of nitrogens with two attached hydrogens (primary N) is 1. The molecule has 1 fully saturated rings. The molecule has 0 heterocycles. The smallest absolute Gasteiger partial charge is 0.316 e. The van der Waals surface area contributed by atoms with Gasteiger partial charge in [-0.3, -0.25) is 16.0 Å². The van der Waals surface area contributed by atoms with Gasteiger partial charge in [0.2, 0.25) is 0 Å². The summed E-state index contributed by atoms with van der Waals surface area (Å²) in [7, 11) is 0. The Labute approximate surface area is 112 Å². The number of hydrazine groups is 1. The van der Waals surface area contributed by atoms with Gasteiger partial charge in [0.15, 0.2) is 0 Å². The molecular formula is C13H20N4O2. The third-order valence-electron chi connectivity index (χ3n) is 3.86. The first-order chi connectivity index (χ1) is 9.13. The van der Waals surface area contributed by atoms with Gasteiger partial charge in [0, 0.05) is 6.04 Å². The molecule has 1 aliphatic rings. The second-order valence-corrected chi connectivity index (χ2v) is 5.08. The SMILES string of the molecule is CC(Nc1cccc(NN)c1[N+](=O)[O-])C1CCCC1. The molecular weight excluding hydrogens is 244 g/mol. The van der Waals surface area contributed by atoms with Crippen LogP contribution < -0.4 is 16.6 Å². The summed E-state index contributed by atoms with van der Waals surface area (Å²) in [5.41, 5.74) is 3.24. The predicted molar refractivity (Wildman–Crippen MR) is 75.9 cm³/mol. The zero-order valence-electron chi connectivity index (χ0n) is 11.1. The van der Waals surface area contributed by atoms with Gasteiger partial charge in [-0.2, -0.15) is 0 Å². The number of benzene rings is 1. The third kappa shape index (κ3) is 2.96. The van der Waals surface area contributed by atoms with Crippen molar-refractivity contribution in [3.05, 3.63) is 28.3 Å². The van der Waals surface area contributed by atoms with Crippen LogP contribution in [-0.4, -0.2) is 11.0 Å². The van der Waals surface area contributed by atoms with Gasteiger partial charge in [-0.05, 0) is 37.8 Å². The number of rotatable bonds is 5. The lowest BCUT2D eigenvalue weighted by molar-refractivity contribution is -0.383. The van der Waals surface area contributed by atoms with Crippen LogP contribution in [0, 0.1) is 16.0 Å². The second-order valence-electron chi connectivity index (χ2n) is 5.08. The lowest BCUT2D eigenvalue weighted by Crippen LogP contribution is -2.24. The van der Waals surface area contributed by atoms with Gasteiger partial charge in [-0.25, -0.2) is 0 Å². The quantitative estimate of drug-likeness (QED) is 0.432. The van der Waals surface area contributed by atoms with Crippen LogP contribution in [0.25, 0.3) is 0 Å². The first-order valence-electron chi connectivity index (χ1n) is 6.64. The summed E-state index contributed by atoms with van der Waals surface area (Å²) in [5.74, 6) is 5.92. The van der Waals surface area contributed by atoms with E-state index in [0.29, 0.717) is 17.3 Å². The lowest BCUT2D eigenvalue weighted by atomic mass is 9.99. The molecule has 0 aromatic heterocycles. The number of hydrogen-bond acceptors (Lipinski definition) is 5. The minimum Gasteiger partial charge on any atom is -0.377 e. The van der Waals surface area contributed by atoms with E-state index >= 15 is 0 Å². The molecule has 0 saturated heterocycles. The van der Waals surface area contributed by atoms with Gasteiger partial charge in [-0.15, -0.1) is 0 Å². The number of hydrogen-bond donors (Lipinski definition) is 3. The van der Waals surface area contributed by atoms with Crippen LogP contribution >= 0.6 is 0 Å². The van der Waals surface area contributed by atoms with Crippen LogP contribution in [0.15, 0.2) is 18.2 Å². The number of nitro benzene ring substituents is 1. The first kappa shape index (κ1) is 13.6. The minimum atomic E-state index is -0.404. The van der Waals surface area contributed by atoms with E-state index in [9.17, 15) is 10.1 Å². The number of nitro groups is 1. The summed E-state index contributed by atoms with van der Waals surface area (Å²) in [4.78, 5) is 10.8. The summed E-state index contributed by atoms with van der Waals surface area (Å²) >= 11 is 0. The highest BCUT2D eigenvalue weighted by molar-refractivity contribution is 5.76. The van der Waals surface area contributed by atoms with Crippen LogP contribution in [0.4, 0.5) is 17.1 Å². The highest BCUT2D eigenvalue weighted by Crippen LogP contribution is 2.35. The molecule has 0 aliphatic heterocycles. The van der Waals surface area contributed by atoms with E-state index in [2.05, 4.69) is 17.7 Å². The van der Waals surface area contributed by atoms with Crippen molar-refractivity contribution in [3.63, 3.8) is 0 Å². The van der Waals surface area contributed by atoms with E-state index in [4.69, 9.17) is 5.84 Å². The molecule has 1 atom stereocenters. The second kappa shape index (κ2) is 5.88. The van der Waals surface area contributed by atoms with Crippen molar-refractivity contribution in [2.75, 3.05) is 10.7 Å². The molecule has 0 spiro atoms. The van der Waals surface area contributed by atoms with Gasteiger partial charge in [-0.1, -0.05) is 18.9 Å². The fourth-order valence-corrected chi connectivity index (χ4v) is 2.79. The van der Waals surface area contributed by atoms with Crippen LogP contribution in [0.2, 0.25) is 0 Å². The van der Waals surface area contributed by atoms with Gasteiger partial charge in [0.1, 0.15) is 11.4 Å². The zero-order chi connectivity index (χ0) is 13.8. The van der Waals surface area contributed by atoms with E-state index in [1.807, 2.05) is 0 Å². The first-order valence-corrected chi connectivity index (χ1v) is 6.64. The Hall–Kier alpha value is -1.82. The zero-order valence-corrected chi connectivity index (χ0v) is 11.1. The maximum atomic E-state index is 11.2. The number of nitrogen functional groups attached to an aromatic ring is 1. The summed E-state index contributed by atoms with van der Waals surface area (Å²) < 4.78 is 0. The fraction of sp³-hybridized carbons (Fsp3) is 0.538. The molecule has 19 heavy (non-hydrogen) atoms. The average Bonchev–Trinajstić information content (AvgIpc) is 2.92. The Morgan fingerprint density at radius 1 is 1.37 bits per heavy atom. The highest BCUT2D eigenvalue weighted by atomic mass is 16.6. The van der Waals surface area contributed by atoms with Crippen molar-refractivity contribution in [2.45, 2.75) is 38.6 Å². The molecule has 0 amide bonds. The molecule has 6 nitrogen and oxygen atoms in total. The Bertz CT molecular complexity index is 458. The van der Waals surface area contributed by atoms with Crippen LogP contribution in [0.3, 0.4) is 0 Å². The summed E-state index contributed by atoms with van der Waals surface area (Å²) in [6.07, 6.45) is 4.89. The molecule has 1 aromatic carbocycles. The van der Waals surface area contributed by atoms with Crippen LogP contribution in [0.5, 0.6) is 0 Å². The monoisotopic (exact) mass is 264 g/mol. The molecule has 6 heteroatoms. The Morgan fingerprint density at radius 3 is 2.58 bits per heavy atom. The molecule has 1 saturated carbocycles. The third-order valence-corrected chi connectivity index (χ3v) is 3.86. The highest BCUT2D eigenvalue weighted by Gasteiger charge is 2.25. The molecule has 1 aliphatic carbocycles. The molecule has 104 valence electrons. The number of anilines is 2. The normalized spacial score (nSPS) is 17.2. The standard InChI is InChI=1S/C13H20N4O2/c1-9(10-5-2-3-6-10)15-11-7-4-8-12(16-14)13(11)17(18)19/h4,7-10,15-16H,2-3,5-6,14H2,1H3. The Balaban J connectivity index is 2.21. The van der Waals surface area contributed by atoms with Crippen molar-refractivity contribution in [3.8, 4) is 0 Å². The number of nitrogens with one attached hydrogen (secondary N) is 2. The van der Waals surface area contributed by atoms with E-state index in [-0.39, 0.29) is 11.7 Å². The van der Waals surface area contributed by atoms with Gasteiger partial charge in [0.05, 0.1) is 4.92 Å². The maximum absolute atomic E-state index is 11.2. The minimum absolute atomic E-state index is 0.00912. The van der Waals surface area contributed by atoms with Gasteiger partial charge >= 0.3 is 5.69 Å². The number of nitrogens with zero attached hydrogens (tertiary/aromatic N) is 1. The largest absolute Gasteiger partial charge is 0.377 e. The van der Waals surface area contributed by atoms with E-state index in [1.165, 1.54) is 25.7 Å². The Kier molecular flexibility index (Phi) is 4.21. The summed E-state index contributed by atoms with van der Waals surface area (Å²) in [6, 6.07) is 5.31. The van der Waals surface area contributed by atoms with Crippen molar-refractivity contribution in [1.82, 2.24) is 0 Å². The summed E-state index contributed by atoms with van der Waals surface area (Å²) in [6.45, 7) is 2.09. The molecule has 0 bridgehead atoms. The molecule has 4 N–H and O–H groups in total. The predicted octanol–water partition coefficient (Wildman–Crippen LogP) is 2.87. The lowest BCUT2D eigenvalue weighted by Gasteiger charge is -2.21. The van der Waals surface area contributed by atoms with Crippen molar-refractivity contribution in [1.29, 1.82) is 0 Å². The van der Waals surface area contributed by atoms with Gasteiger partial charge in [0.25, 0.3) is 0 Å². The molecule has 2 rings (SSSR count). The maximum Gasteiger partial charge on any atom is 0.316 e. The van der Waals surface area contributed by atoms with Crippen molar-refractivity contribution >= 4 is 17.1 Å².